The van der Waals surface area contributed by atoms with Crippen molar-refractivity contribution in [3.63, 3.8) is 0 Å². The molecule has 1 atom stereocenters. The van der Waals surface area contributed by atoms with Gasteiger partial charge < -0.3 is 10.1 Å². The van der Waals surface area contributed by atoms with Crippen LogP contribution in [-0.4, -0.2) is 36.0 Å². The van der Waals surface area contributed by atoms with Crippen LogP contribution in [0.25, 0.3) is 0 Å². The van der Waals surface area contributed by atoms with Crippen LogP contribution in [-0.2, 0) is 11.3 Å². The molecule has 0 saturated carbocycles. The number of carbonyl (C=O) groups excluding carboxylic acids is 1. The van der Waals surface area contributed by atoms with Gasteiger partial charge in [-0.2, -0.15) is 5.26 Å². The minimum atomic E-state index is -0.250. The van der Waals surface area contributed by atoms with E-state index in [9.17, 15) is 4.79 Å². The summed E-state index contributed by atoms with van der Waals surface area (Å²) in [5, 5.41) is 11.9. The number of carbonyl (C=O) groups is 1. The predicted octanol–water partition coefficient (Wildman–Crippen LogP) is 2.72. The summed E-state index contributed by atoms with van der Waals surface area (Å²) < 4.78 is 5.52. The zero-order valence-electron chi connectivity index (χ0n) is 14.8. The molecule has 0 aliphatic carbocycles. The number of piperidine rings is 1. The van der Waals surface area contributed by atoms with Crippen LogP contribution in [0.4, 0.5) is 0 Å². The number of ether oxygens (including phenoxy) is 1. The van der Waals surface area contributed by atoms with Crippen LogP contribution in [0, 0.1) is 17.2 Å². The monoisotopic (exact) mass is 329 g/mol. The van der Waals surface area contributed by atoms with Crippen molar-refractivity contribution in [3.05, 3.63) is 29.8 Å². The second-order valence-electron chi connectivity index (χ2n) is 7.43. The second kappa shape index (κ2) is 8.16. The molecule has 0 bridgehead atoms. The lowest BCUT2D eigenvalue weighted by molar-refractivity contribution is -0.124. The van der Waals surface area contributed by atoms with E-state index >= 15 is 0 Å². The molecule has 0 spiro atoms. The first-order chi connectivity index (χ1) is 11.4. The van der Waals surface area contributed by atoms with Gasteiger partial charge in [0.1, 0.15) is 5.75 Å². The van der Waals surface area contributed by atoms with E-state index < -0.39 is 0 Å². The summed E-state index contributed by atoms with van der Waals surface area (Å²) in [6, 6.07) is 10.2. The average Bonchev–Trinajstić information content (AvgIpc) is 2.53. The molecule has 1 amide bonds. The van der Waals surface area contributed by atoms with Crippen molar-refractivity contribution in [1.29, 1.82) is 5.26 Å². The highest BCUT2D eigenvalue weighted by atomic mass is 16.5. The van der Waals surface area contributed by atoms with Gasteiger partial charge in [-0.25, -0.2) is 0 Å². The van der Waals surface area contributed by atoms with Crippen molar-refractivity contribution < 1.29 is 9.53 Å². The molecule has 1 aliphatic rings. The molecule has 1 saturated heterocycles. The lowest BCUT2D eigenvalue weighted by Gasteiger charge is -2.29. The summed E-state index contributed by atoms with van der Waals surface area (Å²) >= 11 is 0. The van der Waals surface area contributed by atoms with Gasteiger partial charge in [-0.15, -0.1) is 0 Å². The van der Waals surface area contributed by atoms with E-state index in [0.717, 1.165) is 32.5 Å². The van der Waals surface area contributed by atoms with Crippen molar-refractivity contribution in [1.82, 2.24) is 10.2 Å². The number of hydrogen-bond acceptors (Lipinski definition) is 4. The molecule has 1 aromatic carbocycles. The molecule has 1 heterocycles. The van der Waals surface area contributed by atoms with Crippen LogP contribution in [0.1, 0.15) is 39.2 Å². The quantitative estimate of drug-likeness (QED) is 0.902. The summed E-state index contributed by atoms with van der Waals surface area (Å²) in [4.78, 5) is 14.1. The Morgan fingerprint density at radius 2 is 2.08 bits per heavy atom. The summed E-state index contributed by atoms with van der Waals surface area (Å²) in [5.41, 5.74) is 0.945. The number of benzene rings is 1. The van der Waals surface area contributed by atoms with Crippen molar-refractivity contribution in [3.8, 4) is 11.8 Å². The first kappa shape index (κ1) is 18.3. The average molecular weight is 329 g/mol. The standard InChI is InChI=1S/C19H27N3O2/c1-19(2,3)21-18(23)14-24-17-8-6-15(7-9-17)12-22-10-4-5-16(11-20)13-22/h6-9,16H,4-5,10,12-14H2,1-3H3,(H,21,23)/t16-/m0/s1. The molecule has 5 nitrogen and oxygen atoms in total. The van der Waals surface area contributed by atoms with E-state index in [0.29, 0.717) is 5.75 Å². The molecule has 1 aromatic rings. The molecule has 5 heteroatoms. The van der Waals surface area contributed by atoms with E-state index in [4.69, 9.17) is 10.00 Å². The van der Waals surface area contributed by atoms with Gasteiger partial charge in [0.15, 0.2) is 6.61 Å². The molecule has 1 aliphatic heterocycles. The van der Waals surface area contributed by atoms with Gasteiger partial charge in [0.25, 0.3) is 5.91 Å². The molecule has 0 radical (unpaired) electrons. The Labute approximate surface area is 144 Å². The van der Waals surface area contributed by atoms with Crippen LogP contribution in [0.5, 0.6) is 5.75 Å². The molecular weight excluding hydrogens is 302 g/mol. The maximum Gasteiger partial charge on any atom is 0.258 e. The molecule has 1 fully saturated rings. The van der Waals surface area contributed by atoms with Crippen LogP contribution >= 0.6 is 0 Å². The zero-order chi connectivity index (χ0) is 17.6. The molecule has 1 N–H and O–H groups in total. The first-order valence-electron chi connectivity index (χ1n) is 8.50. The van der Waals surface area contributed by atoms with E-state index in [2.05, 4.69) is 16.3 Å². The van der Waals surface area contributed by atoms with Gasteiger partial charge in [0, 0.05) is 18.6 Å². The van der Waals surface area contributed by atoms with Gasteiger partial charge in [-0.05, 0) is 57.9 Å². The Morgan fingerprint density at radius 3 is 2.71 bits per heavy atom. The van der Waals surface area contributed by atoms with Crippen LogP contribution in [0.3, 0.4) is 0 Å². The lowest BCUT2D eigenvalue weighted by atomic mass is 9.99. The van der Waals surface area contributed by atoms with Gasteiger partial charge in [0.05, 0.1) is 12.0 Å². The number of hydrogen-bond donors (Lipinski definition) is 1. The minimum Gasteiger partial charge on any atom is -0.484 e. The smallest absolute Gasteiger partial charge is 0.258 e. The maximum atomic E-state index is 11.8. The predicted molar refractivity (Wildman–Crippen MR) is 93.4 cm³/mol. The molecule has 0 aromatic heterocycles. The Morgan fingerprint density at radius 1 is 1.38 bits per heavy atom. The SMILES string of the molecule is CC(C)(C)NC(=O)COc1ccc(CN2CCC[C@@H](C#N)C2)cc1. The normalized spacial score (nSPS) is 18.7. The molecule has 24 heavy (non-hydrogen) atoms. The first-order valence-corrected chi connectivity index (χ1v) is 8.50. The van der Waals surface area contributed by atoms with Crippen molar-refractivity contribution in [2.24, 2.45) is 5.92 Å². The number of amides is 1. The number of nitriles is 1. The lowest BCUT2D eigenvalue weighted by Crippen LogP contribution is -2.43. The van der Waals surface area contributed by atoms with Gasteiger partial charge >= 0.3 is 0 Å². The highest BCUT2D eigenvalue weighted by molar-refractivity contribution is 5.78. The van der Waals surface area contributed by atoms with E-state index in [-0.39, 0.29) is 24.0 Å². The fourth-order valence-corrected chi connectivity index (χ4v) is 2.86. The Hall–Kier alpha value is -2.06. The Kier molecular flexibility index (Phi) is 6.22. The zero-order valence-corrected chi connectivity index (χ0v) is 14.8. The largest absolute Gasteiger partial charge is 0.484 e. The number of nitrogens with one attached hydrogen (secondary N) is 1. The molecule has 0 unspecified atom stereocenters. The van der Waals surface area contributed by atoms with E-state index in [1.165, 1.54) is 5.56 Å². The van der Waals surface area contributed by atoms with E-state index in [1.807, 2.05) is 45.0 Å². The number of nitrogens with zero attached hydrogens (tertiary/aromatic N) is 2. The van der Waals surface area contributed by atoms with Gasteiger partial charge in [0.2, 0.25) is 0 Å². The van der Waals surface area contributed by atoms with Crippen LogP contribution < -0.4 is 10.1 Å². The van der Waals surface area contributed by atoms with Crippen molar-refractivity contribution in [2.45, 2.75) is 45.7 Å². The third kappa shape index (κ3) is 6.21. The Bertz CT molecular complexity index is 584. The second-order valence-corrected chi connectivity index (χ2v) is 7.43. The summed E-state index contributed by atoms with van der Waals surface area (Å²) in [7, 11) is 0. The van der Waals surface area contributed by atoms with Crippen molar-refractivity contribution >= 4 is 5.91 Å². The highest BCUT2D eigenvalue weighted by Gasteiger charge is 2.19. The Balaban J connectivity index is 1.80. The number of likely N-dealkylation sites (tertiary alicyclic amines) is 1. The van der Waals surface area contributed by atoms with Gasteiger partial charge in [-0.1, -0.05) is 12.1 Å². The third-order valence-corrected chi connectivity index (χ3v) is 3.90. The topological polar surface area (TPSA) is 65.4 Å². The summed E-state index contributed by atoms with van der Waals surface area (Å²) in [5.74, 6) is 0.724. The summed E-state index contributed by atoms with van der Waals surface area (Å²) in [6.45, 7) is 8.59. The minimum absolute atomic E-state index is 0.0204. The van der Waals surface area contributed by atoms with Crippen LogP contribution in [0.15, 0.2) is 24.3 Å². The fourth-order valence-electron chi connectivity index (χ4n) is 2.86. The highest BCUT2D eigenvalue weighted by Crippen LogP contribution is 2.19. The van der Waals surface area contributed by atoms with Crippen molar-refractivity contribution in [2.75, 3.05) is 19.7 Å². The molecule has 2 rings (SSSR count). The van der Waals surface area contributed by atoms with Crippen LogP contribution in [0.2, 0.25) is 0 Å². The molecular formula is C19H27N3O2. The number of rotatable bonds is 5. The third-order valence-electron chi connectivity index (χ3n) is 3.90. The summed E-state index contributed by atoms with van der Waals surface area (Å²) in [6.07, 6.45) is 2.10. The van der Waals surface area contributed by atoms with Gasteiger partial charge in [-0.3, -0.25) is 9.69 Å². The van der Waals surface area contributed by atoms with E-state index in [1.54, 1.807) is 0 Å². The molecule has 130 valence electrons. The fraction of sp³-hybridized carbons (Fsp3) is 0.579. The maximum absolute atomic E-state index is 11.8.